The number of nitrogens with two attached hydrogens (primary N) is 1. The number of carbonyl (C=O) groups is 1. The van der Waals surface area contributed by atoms with Crippen molar-refractivity contribution in [1.82, 2.24) is 13.6 Å². The molecule has 0 spiro atoms. The fraction of sp³-hybridized carbons (Fsp3) is 0.538. The molecule has 37 heavy (non-hydrogen) atoms. The van der Waals surface area contributed by atoms with Crippen LogP contribution in [0.4, 0.5) is 13.2 Å². The Balaban J connectivity index is 0.000000465. The largest absolute Gasteiger partial charge is 0.449 e. The highest BCUT2D eigenvalue weighted by Gasteiger charge is 2.35. The Hall–Kier alpha value is -1.63. The first-order valence-electron chi connectivity index (χ1n) is 12.4. The summed E-state index contributed by atoms with van der Waals surface area (Å²) in [6.07, 6.45) is -1.59. The van der Waals surface area contributed by atoms with Crippen LogP contribution in [-0.2, 0) is 16.1 Å². The van der Waals surface area contributed by atoms with Crippen LogP contribution in [0.1, 0.15) is 44.2 Å². The number of benzene rings is 1. The molecule has 2 N–H and O–H groups in total. The van der Waals surface area contributed by atoms with Crippen LogP contribution < -0.4 is 5.73 Å². The van der Waals surface area contributed by atoms with Gasteiger partial charge in [0.05, 0.1) is 18.2 Å². The number of nitrogens with zero attached hydrogens (tertiary/aromatic N) is 3. The summed E-state index contributed by atoms with van der Waals surface area (Å²) < 4.78 is 43.0. The van der Waals surface area contributed by atoms with Gasteiger partial charge in [-0.3, -0.25) is 4.79 Å². The van der Waals surface area contributed by atoms with Crippen molar-refractivity contribution in [2.24, 2.45) is 5.73 Å². The highest BCUT2D eigenvalue weighted by atomic mass is 32.2. The van der Waals surface area contributed by atoms with E-state index in [1.807, 2.05) is 50.0 Å². The molecule has 206 valence electrons. The summed E-state index contributed by atoms with van der Waals surface area (Å²) >= 11 is 3.76. The monoisotopic (exact) mass is 558 g/mol. The van der Waals surface area contributed by atoms with Crippen molar-refractivity contribution in [3.05, 3.63) is 59.8 Å². The molecule has 2 aliphatic heterocycles. The Morgan fingerprint density at radius 2 is 1.81 bits per heavy atom. The molecule has 1 aromatic carbocycles. The SMILES string of the molecule is CC.CC(=O)C(F)(F)F.NCc1ccnc(SCC2CC(c3ccccc3)CN2SN2CCOCC2)c1. The molecule has 1 aromatic heterocycles. The lowest BCUT2D eigenvalue weighted by molar-refractivity contribution is -0.168. The minimum atomic E-state index is -4.64. The molecule has 2 atom stereocenters. The van der Waals surface area contributed by atoms with Crippen LogP contribution in [0.25, 0.3) is 0 Å². The van der Waals surface area contributed by atoms with Gasteiger partial charge in [-0.25, -0.2) is 13.6 Å². The van der Waals surface area contributed by atoms with Crippen LogP contribution in [0.3, 0.4) is 0 Å². The van der Waals surface area contributed by atoms with E-state index in [0.29, 0.717) is 25.4 Å². The number of Topliss-reactive ketones (excluding diaryl/α,β-unsaturated/α-hetero) is 1. The number of pyridine rings is 1. The van der Waals surface area contributed by atoms with Crippen molar-refractivity contribution in [2.75, 3.05) is 38.6 Å². The Bertz CT molecular complexity index is 932. The third-order valence-corrected chi connectivity index (χ3v) is 8.01. The van der Waals surface area contributed by atoms with Gasteiger partial charge in [-0.2, -0.15) is 13.2 Å². The van der Waals surface area contributed by atoms with Gasteiger partial charge in [0, 0.05) is 63.2 Å². The number of ether oxygens (including phenoxy) is 1. The molecule has 11 heteroatoms. The summed E-state index contributed by atoms with van der Waals surface area (Å²) in [5.41, 5.74) is 8.38. The first-order chi connectivity index (χ1) is 17.8. The van der Waals surface area contributed by atoms with Gasteiger partial charge in [-0.05, 0) is 35.6 Å². The van der Waals surface area contributed by atoms with E-state index < -0.39 is 12.0 Å². The number of alkyl halides is 3. The molecule has 0 bridgehead atoms. The van der Waals surface area contributed by atoms with E-state index in [9.17, 15) is 18.0 Å². The van der Waals surface area contributed by atoms with Crippen LogP contribution in [0.5, 0.6) is 0 Å². The third kappa shape index (κ3) is 10.9. The molecule has 2 aliphatic rings. The van der Waals surface area contributed by atoms with Crippen LogP contribution in [0.15, 0.2) is 53.7 Å². The maximum absolute atomic E-state index is 10.8. The number of rotatable bonds is 7. The average molecular weight is 559 g/mol. The summed E-state index contributed by atoms with van der Waals surface area (Å²) in [5.74, 6) is -0.127. The Kier molecular flexibility index (Phi) is 14.0. The zero-order chi connectivity index (χ0) is 27.3. The van der Waals surface area contributed by atoms with E-state index in [2.05, 4.69) is 50.0 Å². The first-order valence-corrected chi connectivity index (χ1v) is 14.2. The summed E-state index contributed by atoms with van der Waals surface area (Å²) in [4.78, 5) is 13.9. The zero-order valence-corrected chi connectivity index (χ0v) is 23.2. The molecule has 2 saturated heterocycles. The average Bonchev–Trinajstić information content (AvgIpc) is 3.32. The van der Waals surface area contributed by atoms with Crippen molar-refractivity contribution in [3.8, 4) is 0 Å². The normalized spacial score (nSPS) is 20.4. The Morgan fingerprint density at radius 3 is 2.41 bits per heavy atom. The van der Waals surface area contributed by atoms with Crippen molar-refractivity contribution >= 4 is 29.7 Å². The van der Waals surface area contributed by atoms with Crippen molar-refractivity contribution < 1.29 is 22.7 Å². The molecule has 2 aromatic rings. The highest BCUT2D eigenvalue weighted by molar-refractivity contribution is 7.99. The molecule has 2 unspecified atom stereocenters. The second kappa shape index (κ2) is 16.4. The third-order valence-electron chi connectivity index (χ3n) is 5.68. The van der Waals surface area contributed by atoms with Gasteiger partial charge in [0.2, 0.25) is 5.78 Å². The van der Waals surface area contributed by atoms with Gasteiger partial charge in [0.15, 0.2) is 0 Å². The highest BCUT2D eigenvalue weighted by Crippen LogP contribution is 2.39. The van der Waals surface area contributed by atoms with Crippen molar-refractivity contribution in [3.63, 3.8) is 0 Å². The van der Waals surface area contributed by atoms with Gasteiger partial charge in [-0.15, -0.1) is 11.8 Å². The maximum Gasteiger partial charge on any atom is 0.449 e. The van der Waals surface area contributed by atoms with E-state index in [1.54, 1.807) is 0 Å². The fourth-order valence-corrected chi connectivity index (χ4v) is 6.01. The van der Waals surface area contributed by atoms with Gasteiger partial charge >= 0.3 is 6.18 Å². The lowest BCUT2D eigenvalue weighted by atomic mass is 9.97. The molecule has 3 heterocycles. The van der Waals surface area contributed by atoms with E-state index >= 15 is 0 Å². The minimum absolute atomic E-state index is 0.486. The van der Waals surface area contributed by atoms with Gasteiger partial charge in [0.1, 0.15) is 0 Å². The summed E-state index contributed by atoms with van der Waals surface area (Å²) in [6, 6.07) is 15.6. The molecule has 0 aliphatic carbocycles. The quantitative estimate of drug-likeness (QED) is 0.350. The number of hydrogen-bond donors (Lipinski definition) is 1. The summed E-state index contributed by atoms with van der Waals surface area (Å²) in [6.45, 7) is 9.80. The molecular formula is C26H37F3N4O2S2. The number of morpholine rings is 1. The topological polar surface area (TPSA) is 71.7 Å². The van der Waals surface area contributed by atoms with Crippen molar-refractivity contribution in [2.45, 2.75) is 56.9 Å². The van der Waals surface area contributed by atoms with E-state index in [4.69, 9.17) is 10.5 Å². The van der Waals surface area contributed by atoms with Crippen molar-refractivity contribution in [1.29, 1.82) is 0 Å². The lowest BCUT2D eigenvalue weighted by Gasteiger charge is -2.31. The fourth-order valence-electron chi connectivity index (χ4n) is 3.72. The second-order valence-electron chi connectivity index (χ2n) is 8.29. The number of aromatic nitrogens is 1. The second-order valence-corrected chi connectivity index (χ2v) is 10.5. The minimum Gasteiger partial charge on any atom is -0.379 e. The smallest absolute Gasteiger partial charge is 0.379 e. The van der Waals surface area contributed by atoms with Crippen LogP contribution in [0.2, 0.25) is 0 Å². The molecular weight excluding hydrogens is 521 g/mol. The molecule has 4 rings (SSSR count). The van der Waals surface area contributed by atoms with Gasteiger partial charge in [-0.1, -0.05) is 44.2 Å². The van der Waals surface area contributed by atoms with Gasteiger partial charge in [0.25, 0.3) is 0 Å². The number of carbonyl (C=O) groups excluding carboxylic acids is 1. The predicted molar refractivity (Wildman–Crippen MR) is 145 cm³/mol. The Morgan fingerprint density at radius 1 is 1.16 bits per heavy atom. The molecule has 0 saturated carbocycles. The standard InChI is InChI=1S/C21H28N4OS2.C3H3F3O.C2H6/c22-14-17-6-7-23-21(12-17)27-16-20-13-19(18-4-2-1-3-5-18)15-25(20)28-24-8-10-26-11-9-24;1-2(7)3(4,5)6;1-2/h1-7,12,19-20H,8-11,13-16,22H2;1H3;1-2H3. The number of ketones is 1. The molecule has 0 amide bonds. The van der Waals surface area contributed by atoms with E-state index in [-0.39, 0.29) is 0 Å². The Labute approximate surface area is 226 Å². The molecule has 2 fully saturated rings. The van der Waals surface area contributed by atoms with Gasteiger partial charge < -0.3 is 10.5 Å². The lowest BCUT2D eigenvalue weighted by Crippen LogP contribution is -2.37. The zero-order valence-electron chi connectivity index (χ0n) is 21.6. The maximum atomic E-state index is 10.8. The van der Waals surface area contributed by atoms with Crippen LogP contribution in [-0.4, -0.2) is 70.2 Å². The molecule has 0 radical (unpaired) electrons. The summed E-state index contributed by atoms with van der Waals surface area (Å²) in [5, 5.41) is 1.07. The first kappa shape index (κ1) is 31.6. The number of halogens is 3. The van der Waals surface area contributed by atoms with E-state index in [1.165, 1.54) is 12.0 Å². The molecule has 6 nitrogen and oxygen atoms in total. The predicted octanol–water partition coefficient (Wildman–Crippen LogP) is 5.55. The van der Waals surface area contributed by atoms with E-state index in [0.717, 1.165) is 49.2 Å². The number of thioether (sulfide) groups is 1. The van der Waals surface area contributed by atoms with Crippen LogP contribution >= 0.6 is 23.9 Å². The number of hydrogen-bond acceptors (Lipinski definition) is 8. The van der Waals surface area contributed by atoms with Crippen LogP contribution in [0, 0.1) is 0 Å². The summed E-state index contributed by atoms with van der Waals surface area (Å²) in [7, 11) is 0.